The zero-order chi connectivity index (χ0) is 20.0. The smallest absolute Gasteiger partial charge is 0.251 e. The van der Waals surface area contributed by atoms with Crippen molar-refractivity contribution in [3.05, 3.63) is 77.4 Å². The minimum Gasteiger partial charge on any atom is -0.351 e. The Hall–Kier alpha value is -2.88. The normalized spacial score (nSPS) is 19.0. The molecule has 28 heavy (non-hydrogen) atoms. The van der Waals surface area contributed by atoms with Crippen LogP contribution in [0.25, 0.3) is 0 Å². The number of hydrogen-bond acceptors (Lipinski definition) is 2. The summed E-state index contributed by atoms with van der Waals surface area (Å²) in [6.45, 7) is 4.82. The lowest BCUT2D eigenvalue weighted by Crippen LogP contribution is -2.37. The fourth-order valence-corrected chi connectivity index (χ4v) is 3.60. The second-order valence-corrected chi connectivity index (χ2v) is 7.97. The minimum absolute atomic E-state index is 0.0112. The molecular weight excluding hydrogens is 348 g/mol. The van der Waals surface area contributed by atoms with E-state index in [2.05, 4.69) is 17.6 Å². The summed E-state index contributed by atoms with van der Waals surface area (Å²) in [5, 5.41) is 6.00. The Kier molecular flexibility index (Phi) is 6.30. The standard InChI is InChI=1S/C24H28N2O2/c1-18-8-6-7-11-21(18)23(28)25-17-24(2)14-12-19(13-15-24)16-22(27)26-20-9-4-3-5-10-20/h3-11,16H,12-15,17H2,1-2H3,(H,25,28)(H,26,27). The van der Waals surface area contributed by atoms with Gasteiger partial charge >= 0.3 is 0 Å². The first-order chi connectivity index (χ1) is 13.5. The third-order valence-corrected chi connectivity index (χ3v) is 5.54. The molecule has 0 aromatic heterocycles. The fraction of sp³-hybridized carbons (Fsp3) is 0.333. The average molecular weight is 377 g/mol. The maximum atomic E-state index is 12.5. The van der Waals surface area contributed by atoms with Crippen molar-refractivity contribution < 1.29 is 9.59 Å². The van der Waals surface area contributed by atoms with E-state index in [-0.39, 0.29) is 17.2 Å². The number of hydrogen-bond donors (Lipinski definition) is 2. The van der Waals surface area contributed by atoms with Crippen LogP contribution in [-0.4, -0.2) is 18.4 Å². The summed E-state index contributed by atoms with van der Waals surface area (Å²) in [6.07, 6.45) is 5.44. The molecule has 2 amide bonds. The lowest BCUT2D eigenvalue weighted by atomic mass is 9.73. The van der Waals surface area contributed by atoms with Crippen molar-refractivity contribution in [1.82, 2.24) is 5.32 Å². The van der Waals surface area contributed by atoms with Crippen LogP contribution in [0.5, 0.6) is 0 Å². The molecule has 0 radical (unpaired) electrons. The maximum Gasteiger partial charge on any atom is 0.251 e. The van der Waals surface area contributed by atoms with Gasteiger partial charge in [0.1, 0.15) is 0 Å². The van der Waals surface area contributed by atoms with Crippen LogP contribution < -0.4 is 10.6 Å². The number of rotatable bonds is 5. The molecule has 1 fully saturated rings. The van der Waals surface area contributed by atoms with Gasteiger partial charge in [-0.1, -0.05) is 48.9 Å². The molecule has 3 rings (SSSR count). The molecule has 0 bridgehead atoms. The number of benzene rings is 2. The molecule has 0 heterocycles. The van der Waals surface area contributed by atoms with E-state index in [0.29, 0.717) is 6.54 Å². The van der Waals surface area contributed by atoms with Crippen molar-refractivity contribution >= 4 is 17.5 Å². The molecule has 0 spiro atoms. The molecule has 4 heteroatoms. The van der Waals surface area contributed by atoms with Crippen molar-refractivity contribution in [2.45, 2.75) is 39.5 Å². The zero-order valence-corrected chi connectivity index (χ0v) is 16.6. The van der Waals surface area contributed by atoms with Crippen molar-refractivity contribution in [3.63, 3.8) is 0 Å². The first kappa shape index (κ1) is 19.9. The highest BCUT2D eigenvalue weighted by atomic mass is 16.2. The lowest BCUT2D eigenvalue weighted by Gasteiger charge is -2.35. The molecule has 4 nitrogen and oxygen atoms in total. The summed E-state index contributed by atoms with van der Waals surface area (Å²) in [6, 6.07) is 17.1. The Bertz CT molecular complexity index is 861. The third-order valence-electron chi connectivity index (χ3n) is 5.54. The van der Waals surface area contributed by atoms with Gasteiger partial charge in [-0.25, -0.2) is 0 Å². The van der Waals surface area contributed by atoms with E-state index in [0.717, 1.165) is 42.5 Å². The minimum atomic E-state index is -0.0716. The summed E-state index contributed by atoms with van der Waals surface area (Å²) in [7, 11) is 0. The highest BCUT2D eigenvalue weighted by Crippen LogP contribution is 2.37. The third kappa shape index (κ3) is 5.32. The Morgan fingerprint density at radius 1 is 1.00 bits per heavy atom. The average Bonchev–Trinajstić information content (AvgIpc) is 2.69. The van der Waals surface area contributed by atoms with Crippen LogP contribution in [0.2, 0.25) is 0 Å². The second kappa shape index (κ2) is 8.87. The number of amides is 2. The summed E-state index contributed by atoms with van der Waals surface area (Å²) < 4.78 is 0. The predicted octanol–water partition coefficient (Wildman–Crippen LogP) is 4.87. The number of nitrogens with one attached hydrogen (secondary N) is 2. The van der Waals surface area contributed by atoms with E-state index in [1.165, 1.54) is 5.57 Å². The van der Waals surface area contributed by atoms with Gasteiger partial charge in [-0.05, 0) is 61.8 Å². The summed E-state index contributed by atoms with van der Waals surface area (Å²) in [5.74, 6) is -0.0828. The highest BCUT2D eigenvalue weighted by Gasteiger charge is 2.29. The van der Waals surface area contributed by atoms with Crippen molar-refractivity contribution in [1.29, 1.82) is 0 Å². The van der Waals surface area contributed by atoms with E-state index in [1.807, 2.05) is 61.5 Å². The van der Waals surface area contributed by atoms with Gasteiger partial charge in [-0.2, -0.15) is 0 Å². The van der Waals surface area contributed by atoms with Gasteiger partial charge in [0.2, 0.25) is 5.91 Å². The Labute approximate surface area is 167 Å². The molecule has 1 saturated carbocycles. The SMILES string of the molecule is Cc1ccccc1C(=O)NCC1(C)CCC(=CC(=O)Nc2ccccc2)CC1. The molecule has 0 unspecified atom stereocenters. The highest BCUT2D eigenvalue weighted by molar-refractivity contribution is 5.99. The molecule has 2 aromatic carbocycles. The van der Waals surface area contributed by atoms with Crippen LogP contribution in [0.1, 0.15) is 48.5 Å². The second-order valence-electron chi connectivity index (χ2n) is 7.97. The number of anilines is 1. The van der Waals surface area contributed by atoms with Gasteiger partial charge < -0.3 is 10.6 Å². The van der Waals surface area contributed by atoms with E-state index in [9.17, 15) is 9.59 Å². The first-order valence-corrected chi connectivity index (χ1v) is 9.84. The van der Waals surface area contributed by atoms with Crippen LogP contribution in [0.4, 0.5) is 5.69 Å². The number of carbonyl (C=O) groups excluding carboxylic acids is 2. The van der Waals surface area contributed by atoms with Crippen LogP contribution in [0.3, 0.4) is 0 Å². The Morgan fingerprint density at radius 3 is 2.32 bits per heavy atom. The quantitative estimate of drug-likeness (QED) is 0.732. The number of para-hydroxylation sites is 1. The molecular formula is C24H28N2O2. The fourth-order valence-electron chi connectivity index (χ4n) is 3.60. The van der Waals surface area contributed by atoms with E-state index < -0.39 is 0 Å². The number of carbonyl (C=O) groups is 2. The van der Waals surface area contributed by atoms with Crippen molar-refractivity contribution in [3.8, 4) is 0 Å². The van der Waals surface area contributed by atoms with Crippen LogP contribution >= 0.6 is 0 Å². The molecule has 0 atom stereocenters. The summed E-state index contributed by atoms with van der Waals surface area (Å²) in [4.78, 5) is 24.7. The molecule has 1 aliphatic rings. The maximum absolute atomic E-state index is 12.5. The Balaban J connectivity index is 1.50. The van der Waals surface area contributed by atoms with Gasteiger partial charge in [-0.15, -0.1) is 0 Å². The van der Waals surface area contributed by atoms with Crippen molar-refractivity contribution in [2.75, 3.05) is 11.9 Å². The largest absolute Gasteiger partial charge is 0.351 e. The van der Waals surface area contributed by atoms with E-state index in [4.69, 9.17) is 0 Å². The number of allylic oxidation sites excluding steroid dienone is 1. The van der Waals surface area contributed by atoms with Gasteiger partial charge in [0.05, 0.1) is 0 Å². The Morgan fingerprint density at radius 2 is 1.64 bits per heavy atom. The van der Waals surface area contributed by atoms with Gasteiger partial charge in [0.15, 0.2) is 0 Å². The van der Waals surface area contributed by atoms with Crippen LogP contribution in [-0.2, 0) is 4.79 Å². The topological polar surface area (TPSA) is 58.2 Å². The lowest BCUT2D eigenvalue weighted by molar-refractivity contribution is -0.112. The van der Waals surface area contributed by atoms with Crippen molar-refractivity contribution in [2.24, 2.45) is 5.41 Å². The summed E-state index contributed by atoms with van der Waals surface area (Å²) in [5.41, 5.74) is 3.77. The van der Waals surface area contributed by atoms with E-state index in [1.54, 1.807) is 6.08 Å². The number of aryl methyl sites for hydroxylation is 1. The summed E-state index contributed by atoms with van der Waals surface area (Å²) >= 11 is 0. The first-order valence-electron chi connectivity index (χ1n) is 9.84. The monoisotopic (exact) mass is 376 g/mol. The predicted molar refractivity (Wildman–Crippen MR) is 113 cm³/mol. The van der Waals surface area contributed by atoms with Crippen LogP contribution in [0.15, 0.2) is 66.2 Å². The van der Waals surface area contributed by atoms with E-state index >= 15 is 0 Å². The molecule has 2 N–H and O–H groups in total. The molecule has 0 saturated heterocycles. The van der Waals surface area contributed by atoms with Gasteiger partial charge in [0, 0.05) is 23.9 Å². The van der Waals surface area contributed by atoms with Gasteiger partial charge in [0.25, 0.3) is 5.91 Å². The molecule has 2 aromatic rings. The zero-order valence-electron chi connectivity index (χ0n) is 16.6. The van der Waals surface area contributed by atoms with Gasteiger partial charge in [-0.3, -0.25) is 9.59 Å². The van der Waals surface area contributed by atoms with Crippen LogP contribution in [0, 0.1) is 12.3 Å². The molecule has 146 valence electrons. The molecule has 0 aliphatic heterocycles. The molecule has 1 aliphatic carbocycles.